The van der Waals surface area contributed by atoms with Crippen LogP contribution in [0.5, 0.6) is 0 Å². The molecule has 0 aliphatic rings. The summed E-state index contributed by atoms with van der Waals surface area (Å²) in [6.45, 7) is 12.7. The summed E-state index contributed by atoms with van der Waals surface area (Å²) < 4.78 is 5.80. The van der Waals surface area contributed by atoms with Crippen molar-refractivity contribution in [1.82, 2.24) is 5.32 Å². The van der Waals surface area contributed by atoms with E-state index in [1.807, 2.05) is 0 Å². The summed E-state index contributed by atoms with van der Waals surface area (Å²) in [6.07, 6.45) is 2.49. The van der Waals surface area contributed by atoms with Crippen LogP contribution in [-0.4, -0.2) is 25.3 Å². The molecule has 0 aromatic heterocycles. The van der Waals surface area contributed by atoms with E-state index in [2.05, 4.69) is 70.3 Å². The van der Waals surface area contributed by atoms with E-state index in [1.54, 1.807) is 0 Å². The quantitative estimate of drug-likeness (QED) is 0.732. The smallest absolute Gasteiger partial charge is 0.0518 e. The number of nitrogens with one attached hydrogen (secondary N) is 1. The minimum absolute atomic E-state index is 0.167. The largest absolute Gasteiger partial charge is 0.379 e. The van der Waals surface area contributed by atoms with Crippen LogP contribution in [0.15, 0.2) is 30.3 Å². The lowest BCUT2D eigenvalue weighted by atomic mass is 9.75. The van der Waals surface area contributed by atoms with E-state index in [0.717, 1.165) is 26.0 Å². The summed E-state index contributed by atoms with van der Waals surface area (Å²) in [5, 5.41) is 3.62. The maximum absolute atomic E-state index is 5.80. The fraction of sp³-hybridized carbons (Fsp3) is 0.667. The normalized spacial score (nSPS) is 14.8. The first-order valence-electron chi connectivity index (χ1n) is 7.90. The van der Waals surface area contributed by atoms with Crippen LogP contribution < -0.4 is 5.32 Å². The molecular weight excluding hydrogens is 246 g/mol. The average molecular weight is 277 g/mol. The Labute approximate surface area is 124 Å². The molecule has 20 heavy (non-hydrogen) atoms. The lowest BCUT2D eigenvalue weighted by Gasteiger charge is -2.35. The molecule has 0 fully saturated rings. The van der Waals surface area contributed by atoms with Crippen LogP contribution in [0.4, 0.5) is 0 Å². The molecule has 0 spiro atoms. The maximum atomic E-state index is 5.80. The van der Waals surface area contributed by atoms with Crippen LogP contribution in [0.25, 0.3) is 0 Å². The summed E-state index contributed by atoms with van der Waals surface area (Å²) in [4.78, 5) is 0. The summed E-state index contributed by atoms with van der Waals surface area (Å²) in [5.74, 6) is 0. The van der Waals surface area contributed by atoms with Gasteiger partial charge in [-0.25, -0.2) is 0 Å². The second kappa shape index (κ2) is 8.43. The maximum Gasteiger partial charge on any atom is 0.0518 e. The Morgan fingerprint density at radius 2 is 1.75 bits per heavy atom. The van der Waals surface area contributed by atoms with Gasteiger partial charge in [0.25, 0.3) is 0 Å². The lowest BCUT2D eigenvalue weighted by molar-refractivity contribution is 0.0625. The fourth-order valence-electron chi connectivity index (χ4n) is 2.52. The van der Waals surface area contributed by atoms with Gasteiger partial charge in [-0.2, -0.15) is 0 Å². The van der Waals surface area contributed by atoms with E-state index in [4.69, 9.17) is 4.74 Å². The van der Waals surface area contributed by atoms with Crippen molar-refractivity contribution in [3.8, 4) is 0 Å². The van der Waals surface area contributed by atoms with Crippen molar-refractivity contribution in [3.05, 3.63) is 35.9 Å². The highest BCUT2D eigenvalue weighted by Gasteiger charge is 2.30. The second-order valence-electron chi connectivity index (χ2n) is 6.21. The standard InChI is InChI=1S/C18H31NO/c1-6-18(14-19-15(2)3,12-13-20-16(4)5)17-10-8-7-9-11-17/h7-11,15-16,19H,6,12-14H2,1-5H3. The minimum atomic E-state index is 0.167. The average Bonchev–Trinajstić information content (AvgIpc) is 2.43. The monoisotopic (exact) mass is 277 g/mol. The van der Waals surface area contributed by atoms with E-state index in [9.17, 15) is 0 Å². The predicted octanol–water partition coefficient (Wildman–Crippen LogP) is 4.15. The zero-order chi connectivity index (χ0) is 15.0. The first-order chi connectivity index (χ1) is 9.50. The third kappa shape index (κ3) is 5.26. The van der Waals surface area contributed by atoms with Gasteiger partial charge in [-0.1, -0.05) is 51.1 Å². The van der Waals surface area contributed by atoms with Gasteiger partial charge in [-0.05, 0) is 32.3 Å². The zero-order valence-electron chi connectivity index (χ0n) is 13.8. The highest BCUT2D eigenvalue weighted by Crippen LogP contribution is 2.31. The van der Waals surface area contributed by atoms with Crippen molar-refractivity contribution < 1.29 is 4.74 Å². The Morgan fingerprint density at radius 3 is 2.25 bits per heavy atom. The summed E-state index contributed by atoms with van der Waals surface area (Å²) in [6, 6.07) is 11.4. The van der Waals surface area contributed by atoms with Crippen molar-refractivity contribution in [2.75, 3.05) is 13.2 Å². The van der Waals surface area contributed by atoms with Gasteiger partial charge in [0.05, 0.1) is 6.10 Å². The molecule has 1 aromatic rings. The fourth-order valence-corrected chi connectivity index (χ4v) is 2.52. The molecule has 114 valence electrons. The number of hydrogen-bond acceptors (Lipinski definition) is 2. The van der Waals surface area contributed by atoms with Crippen LogP contribution in [0, 0.1) is 0 Å². The summed E-state index contributed by atoms with van der Waals surface area (Å²) >= 11 is 0. The molecule has 1 atom stereocenters. The molecule has 0 saturated carbocycles. The van der Waals surface area contributed by atoms with Crippen LogP contribution >= 0.6 is 0 Å². The van der Waals surface area contributed by atoms with Crippen molar-refractivity contribution in [2.24, 2.45) is 0 Å². The Balaban J connectivity index is 2.84. The van der Waals surface area contributed by atoms with E-state index in [0.29, 0.717) is 12.1 Å². The Bertz CT molecular complexity index is 361. The highest BCUT2D eigenvalue weighted by atomic mass is 16.5. The van der Waals surface area contributed by atoms with Gasteiger partial charge < -0.3 is 10.1 Å². The molecule has 0 amide bonds. The van der Waals surface area contributed by atoms with Crippen LogP contribution in [0.3, 0.4) is 0 Å². The number of rotatable bonds is 9. The van der Waals surface area contributed by atoms with Gasteiger partial charge in [0.1, 0.15) is 0 Å². The van der Waals surface area contributed by atoms with Crippen LogP contribution in [0.2, 0.25) is 0 Å². The molecule has 0 aliphatic heterocycles. The first kappa shape index (κ1) is 17.2. The molecule has 1 unspecified atom stereocenters. The molecule has 0 radical (unpaired) electrons. The lowest BCUT2D eigenvalue weighted by Crippen LogP contribution is -2.41. The van der Waals surface area contributed by atoms with Crippen LogP contribution in [0.1, 0.15) is 53.0 Å². The molecule has 0 heterocycles. The van der Waals surface area contributed by atoms with Crippen molar-refractivity contribution in [3.63, 3.8) is 0 Å². The molecule has 1 aromatic carbocycles. The number of hydrogen-bond donors (Lipinski definition) is 1. The highest BCUT2D eigenvalue weighted by molar-refractivity contribution is 5.26. The topological polar surface area (TPSA) is 21.3 Å². The summed E-state index contributed by atoms with van der Waals surface area (Å²) in [7, 11) is 0. The van der Waals surface area contributed by atoms with E-state index in [1.165, 1.54) is 5.56 Å². The third-order valence-corrected chi connectivity index (χ3v) is 3.94. The molecule has 0 saturated heterocycles. The number of benzene rings is 1. The van der Waals surface area contributed by atoms with E-state index < -0.39 is 0 Å². The third-order valence-electron chi connectivity index (χ3n) is 3.94. The minimum Gasteiger partial charge on any atom is -0.379 e. The molecule has 1 rings (SSSR count). The molecule has 1 N–H and O–H groups in total. The van der Waals surface area contributed by atoms with Gasteiger partial charge in [-0.3, -0.25) is 0 Å². The summed E-state index contributed by atoms with van der Waals surface area (Å²) in [5.41, 5.74) is 1.59. The van der Waals surface area contributed by atoms with Gasteiger partial charge in [0.15, 0.2) is 0 Å². The molecule has 0 bridgehead atoms. The van der Waals surface area contributed by atoms with Gasteiger partial charge in [-0.15, -0.1) is 0 Å². The van der Waals surface area contributed by atoms with Crippen molar-refractivity contribution in [2.45, 2.75) is 65.0 Å². The van der Waals surface area contributed by atoms with E-state index >= 15 is 0 Å². The second-order valence-corrected chi connectivity index (χ2v) is 6.21. The number of ether oxygens (including phenoxy) is 1. The zero-order valence-corrected chi connectivity index (χ0v) is 13.8. The predicted molar refractivity (Wildman–Crippen MR) is 87.3 cm³/mol. The van der Waals surface area contributed by atoms with E-state index in [-0.39, 0.29) is 5.41 Å². The molecule has 2 nitrogen and oxygen atoms in total. The molecule has 2 heteroatoms. The van der Waals surface area contributed by atoms with Gasteiger partial charge in [0, 0.05) is 24.6 Å². The Morgan fingerprint density at radius 1 is 1.10 bits per heavy atom. The van der Waals surface area contributed by atoms with Crippen molar-refractivity contribution in [1.29, 1.82) is 0 Å². The SMILES string of the molecule is CCC(CCOC(C)C)(CNC(C)C)c1ccccc1. The first-order valence-corrected chi connectivity index (χ1v) is 7.90. The van der Waals surface area contributed by atoms with Gasteiger partial charge in [0.2, 0.25) is 0 Å². The van der Waals surface area contributed by atoms with Crippen LogP contribution in [-0.2, 0) is 10.2 Å². The Hall–Kier alpha value is -0.860. The molecule has 0 aliphatic carbocycles. The Kier molecular flexibility index (Phi) is 7.25. The van der Waals surface area contributed by atoms with Crippen molar-refractivity contribution >= 4 is 0 Å². The molecular formula is C18H31NO. The van der Waals surface area contributed by atoms with Gasteiger partial charge >= 0.3 is 0 Å².